The molecule has 3 aromatic rings. The van der Waals surface area contributed by atoms with Crippen molar-refractivity contribution in [1.82, 2.24) is 20.1 Å². The van der Waals surface area contributed by atoms with Crippen LogP contribution in [-0.4, -0.2) is 38.3 Å². The first-order valence-electron chi connectivity index (χ1n) is 8.22. The Kier molecular flexibility index (Phi) is 6.40. The third-order valence-electron chi connectivity index (χ3n) is 3.75. The van der Waals surface area contributed by atoms with E-state index in [1.54, 1.807) is 22.3 Å². The average Bonchev–Trinajstić information content (AvgIpc) is 3.30. The number of H-pyrrole nitrogens is 1. The Morgan fingerprint density at radius 1 is 1.35 bits per heavy atom. The molecule has 0 spiro atoms. The topological polar surface area (TPSA) is 61.9 Å². The second-order valence-corrected chi connectivity index (χ2v) is 7.62. The Balaban J connectivity index is 1.53. The molecule has 2 aromatic heterocycles. The van der Waals surface area contributed by atoms with Gasteiger partial charge in [0.05, 0.1) is 5.75 Å². The van der Waals surface area contributed by atoms with Gasteiger partial charge in [-0.05, 0) is 36.1 Å². The summed E-state index contributed by atoms with van der Waals surface area (Å²) in [6, 6.07) is 10.4. The van der Waals surface area contributed by atoms with E-state index in [-0.39, 0.29) is 17.5 Å². The third kappa shape index (κ3) is 5.15. The highest BCUT2D eigenvalue weighted by Gasteiger charge is 2.15. The summed E-state index contributed by atoms with van der Waals surface area (Å²) in [7, 11) is 0. The molecular formula is C18H19FN4OS2. The molecule has 0 atom stereocenters. The van der Waals surface area contributed by atoms with Crippen molar-refractivity contribution in [2.24, 2.45) is 0 Å². The number of rotatable bonds is 8. The zero-order chi connectivity index (χ0) is 18.4. The van der Waals surface area contributed by atoms with Crippen molar-refractivity contribution in [3.8, 4) is 0 Å². The molecule has 8 heteroatoms. The number of aromatic amines is 1. The van der Waals surface area contributed by atoms with Crippen LogP contribution < -0.4 is 0 Å². The number of aromatic nitrogens is 3. The van der Waals surface area contributed by atoms with Crippen LogP contribution in [-0.2, 0) is 17.8 Å². The molecule has 3 rings (SSSR count). The van der Waals surface area contributed by atoms with Crippen molar-refractivity contribution < 1.29 is 9.18 Å². The highest BCUT2D eigenvalue weighted by molar-refractivity contribution is 7.99. The molecule has 0 aliphatic rings. The first kappa shape index (κ1) is 18.6. The maximum atomic E-state index is 13.3. The normalized spacial score (nSPS) is 10.8. The van der Waals surface area contributed by atoms with Crippen LogP contribution in [0.2, 0.25) is 0 Å². The second-order valence-electron chi connectivity index (χ2n) is 5.65. The van der Waals surface area contributed by atoms with E-state index in [1.807, 2.05) is 24.4 Å². The maximum absolute atomic E-state index is 13.3. The van der Waals surface area contributed by atoms with E-state index < -0.39 is 0 Å². The van der Waals surface area contributed by atoms with Crippen LogP contribution in [0, 0.1) is 5.82 Å². The molecule has 0 fully saturated rings. The Morgan fingerprint density at radius 2 is 2.23 bits per heavy atom. The van der Waals surface area contributed by atoms with Crippen LogP contribution in [0.5, 0.6) is 0 Å². The van der Waals surface area contributed by atoms with Gasteiger partial charge in [-0.3, -0.25) is 9.89 Å². The van der Waals surface area contributed by atoms with Crippen LogP contribution in [0.15, 0.2) is 46.9 Å². The van der Waals surface area contributed by atoms with Crippen molar-refractivity contribution in [3.63, 3.8) is 0 Å². The van der Waals surface area contributed by atoms with Gasteiger partial charge in [-0.25, -0.2) is 9.37 Å². The molecule has 0 aliphatic heterocycles. The van der Waals surface area contributed by atoms with Gasteiger partial charge in [0.2, 0.25) is 11.1 Å². The van der Waals surface area contributed by atoms with Crippen molar-refractivity contribution in [1.29, 1.82) is 0 Å². The van der Waals surface area contributed by atoms with E-state index in [2.05, 4.69) is 21.2 Å². The molecule has 0 radical (unpaired) electrons. The number of carbonyl (C=O) groups is 1. The number of thioether (sulfide) groups is 1. The molecule has 26 heavy (non-hydrogen) atoms. The minimum Gasteiger partial charge on any atom is -0.338 e. The predicted octanol–water partition coefficient (Wildman–Crippen LogP) is 3.74. The van der Waals surface area contributed by atoms with Crippen molar-refractivity contribution in [2.45, 2.75) is 25.0 Å². The number of hydrogen-bond acceptors (Lipinski definition) is 5. The number of amides is 1. The van der Waals surface area contributed by atoms with E-state index in [9.17, 15) is 9.18 Å². The van der Waals surface area contributed by atoms with E-state index in [4.69, 9.17) is 0 Å². The van der Waals surface area contributed by atoms with Gasteiger partial charge in [-0.1, -0.05) is 30.0 Å². The smallest absolute Gasteiger partial charge is 0.233 e. The van der Waals surface area contributed by atoms with Gasteiger partial charge in [0.25, 0.3) is 0 Å². The third-order valence-corrected chi connectivity index (χ3v) is 5.46. The number of nitrogens with one attached hydrogen (secondary N) is 1. The van der Waals surface area contributed by atoms with Crippen LogP contribution in [0.1, 0.15) is 23.2 Å². The lowest BCUT2D eigenvalue weighted by Crippen LogP contribution is -2.31. The summed E-state index contributed by atoms with van der Waals surface area (Å²) in [5.74, 6) is 0.722. The molecule has 136 valence electrons. The van der Waals surface area contributed by atoms with Gasteiger partial charge in [-0.15, -0.1) is 16.4 Å². The zero-order valence-corrected chi connectivity index (χ0v) is 15.9. The predicted molar refractivity (Wildman–Crippen MR) is 102 cm³/mol. The highest BCUT2D eigenvalue weighted by atomic mass is 32.2. The summed E-state index contributed by atoms with van der Waals surface area (Å²) in [5.41, 5.74) is 0.779. The number of thiophene rings is 1. The molecule has 0 unspecified atom stereocenters. The van der Waals surface area contributed by atoms with E-state index in [1.165, 1.54) is 28.8 Å². The van der Waals surface area contributed by atoms with Crippen molar-refractivity contribution >= 4 is 29.0 Å². The van der Waals surface area contributed by atoms with Crippen LogP contribution >= 0.6 is 23.1 Å². The Hall–Kier alpha value is -2.19. The summed E-state index contributed by atoms with van der Waals surface area (Å²) in [6.45, 7) is 2.87. The number of nitrogens with zero attached hydrogens (tertiary/aromatic N) is 3. The van der Waals surface area contributed by atoms with Gasteiger partial charge < -0.3 is 4.90 Å². The lowest BCUT2D eigenvalue weighted by atomic mass is 10.2. The highest BCUT2D eigenvalue weighted by Crippen LogP contribution is 2.17. The van der Waals surface area contributed by atoms with Gasteiger partial charge >= 0.3 is 0 Å². The van der Waals surface area contributed by atoms with Crippen molar-refractivity contribution in [3.05, 3.63) is 63.9 Å². The molecule has 0 aliphatic carbocycles. The number of halogens is 1. The summed E-state index contributed by atoms with van der Waals surface area (Å²) in [5, 5.41) is 9.66. The van der Waals surface area contributed by atoms with E-state index >= 15 is 0 Å². The molecule has 1 aromatic carbocycles. The average molecular weight is 391 g/mol. The monoisotopic (exact) mass is 390 g/mol. The molecule has 5 nitrogen and oxygen atoms in total. The fourth-order valence-electron chi connectivity index (χ4n) is 2.45. The minimum atomic E-state index is -0.292. The SMILES string of the molecule is CCN(Cc1cccc(F)c1)C(=O)CSc1n[nH]c(Cc2cccs2)n1. The summed E-state index contributed by atoms with van der Waals surface area (Å²) < 4.78 is 13.3. The Labute approximate surface area is 159 Å². The molecule has 0 bridgehead atoms. The van der Waals surface area contributed by atoms with Gasteiger partial charge in [0, 0.05) is 24.4 Å². The first-order chi connectivity index (χ1) is 12.6. The lowest BCUT2D eigenvalue weighted by Gasteiger charge is -2.20. The Morgan fingerprint density at radius 3 is 2.96 bits per heavy atom. The maximum Gasteiger partial charge on any atom is 0.233 e. The molecular weight excluding hydrogens is 371 g/mol. The molecule has 0 saturated carbocycles. The van der Waals surface area contributed by atoms with Gasteiger partial charge in [0.1, 0.15) is 11.6 Å². The van der Waals surface area contributed by atoms with E-state index in [0.717, 1.165) is 11.4 Å². The number of benzene rings is 1. The summed E-state index contributed by atoms with van der Waals surface area (Å²) in [4.78, 5) is 19.8. The number of carbonyl (C=O) groups excluding carboxylic acids is 1. The lowest BCUT2D eigenvalue weighted by molar-refractivity contribution is -0.128. The van der Waals surface area contributed by atoms with E-state index in [0.29, 0.717) is 24.7 Å². The van der Waals surface area contributed by atoms with Crippen LogP contribution in [0.25, 0.3) is 0 Å². The second kappa shape index (κ2) is 8.95. The summed E-state index contributed by atoms with van der Waals surface area (Å²) >= 11 is 2.98. The minimum absolute atomic E-state index is 0.0219. The fourth-order valence-corrected chi connectivity index (χ4v) is 3.88. The molecule has 1 amide bonds. The van der Waals surface area contributed by atoms with Gasteiger partial charge in [0.15, 0.2) is 0 Å². The van der Waals surface area contributed by atoms with Crippen LogP contribution in [0.4, 0.5) is 4.39 Å². The van der Waals surface area contributed by atoms with Crippen LogP contribution in [0.3, 0.4) is 0 Å². The largest absolute Gasteiger partial charge is 0.338 e. The molecule has 1 N–H and O–H groups in total. The Bertz CT molecular complexity index is 851. The van der Waals surface area contributed by atoms with Gasteiger partial charge in [-0.2, -0.15) is 0 Å². The quantitative estimate of drug-likeness (QED) is 0.595. The molecule has 2 heterocycles. The zero-order valence-electron chi connectivity index (χ0n) is 14.3. The fraction of sp³-hybridized carbons (Fsp3) is 0.278. The number of hydrogen-bond donors (Lipinski definition) is 1. The molecule has 0 saturated heterocycles. The standard InChI is InChI=1S/C18H19FN4OS2/c1-2-23(11-13-5-3-6-14(19)9-13)17(24)12-26-18-20-16(21-22-18)10-15-7-4-8-25-15/h3-9H,2,10-12H2,1H3,(H,20,21,22). The van der Waals surface area contributed by atoms with Crippen molar-refractivity contribution in [2.75, 3.05) is 12.3 Å². The first-order valence-corrected chi connectivity index (χ1v) is 10.1. The summed E-state index contributed by atoms with van der Waals surface area (Å²) in [6.07, 6.45) is 0.708.